The first-order chi connectivity index (χ1) is 5.20. The van der Waals surface area contributed by atoms with Crippen molar-refractivity contribution in [1.82, 2.24) is 0 Å². The van der Waals surface area contributed by atoms with Crippen molar-refractivity contribution in [2.24, 2.45) is 0 Å². The molecule has 11 heteroatoms. The minimum absolute atomic E-state index is 0. The van der Waals surface area contributed by atoms with Crippen molar-refractivity contribution in [1.29, 1.82) is 0 Å². The van der Waals surface area contributed by atoms with Crippen LogP contribution in [0.3, 0.4) is 0 Å². The fourth-order valence-corrected chi connectivity index (χ4v) is 0. The van der Waals surface area contributed by atoms with E-state index in [1.165, 1.54) is 0 Å². The molecule has 1 radical (unpaired) electrons. The summed E-state index contributed by atoms with van der Waals surface area (Å²) in [6.07, 6.45) is -7.00. The molecule has 9 nitrogen and oxygen atoms in total. The maximum absolute atomic E-state index is 8.33. The Morgan fingerprint density at radius 1 is 0.571 bits per heavy atom. The van der Waals surface area contributed by atoms with Gasteiger partial charge >= 0.3 is 38.8 Å². The third-order valence-electron chi connectivity index (χ3n) is 0. The van der Waals surface area contributed by atoms with Crippen molar-refractivity contribution in [3.8, 4) is 0 Å². The van der Waals surface area contributed by atoms with E-state index in [0.717, 1.165) is 0 Å². The van der Waals surface area contributed by atoms with Crippen LogP contribution in [-0.2, 0) is 38.8 Å². The zero-order valence-corrected chi connectivity index (χ0v) is 8.79. The van der Waals surface area contributed by atoms with Gasteiger partial charge in [-0.25, -0.2) is 0 Å². The molecule has 77 valence electrons. The maximum atomic E-state index is 8.33. The summed E-state index contributed by atoms with van der Waals surface area (Å²) in [6, 6.07) is 0. The molecule has 0 saturated carbocycles. The minimum atomic E-state index is -2.33. The zero-order chi connectivity index (χ0) is 10.7. The van der Waals surface area contributed by atoms with Crippen LogP contribution in [0.5, 0.6) is 0 Å². The predicted molar refractivity (Wildman–Crippen MR) is 16.2 cm³/mol. The van der Waals surface area contributed by atoms with Gasteiger partial charge in [-0.2, -0.15) is 0 Å². The van der Waals surface area contributed by atoms with Crippen LogP contribution in [0.25, 0.3) is 0 Å². The van der Waals surface area contributed by atoms with Gasteiger partial charge in [0, 0.05) is 0 Å². The van der Waals surface area contributed by atoms with E-state index >= 15 is 0 Å². The molecule has 0 aromatic rings. The van der Waals surface area contributed by atoms with Gasteiger partial charge in [-0.15, -0.1) is 0 Å². The fraction of sp³-hybridized carbons (Fsp3) is 0. The molecule has 0 aliphatic heterocycles. The number of carbonyl (C=O) groups is 3. The van der Waals surface area contributed by atoms with Gasteiger partial charge in [-0.1, -0.05) is 0 Å². The maximum Gasteiger partial charge on any atom is 4.00 e. The molecule has 0 fully saturated rings. The Balaban J connectivity index is -0.0000000270. The number of carbonyl (C=O) groups excluding carboxylic acids is 3. The Bertz CT molecular complexity index is 118. The normalized spacial score (nSPS) is 5.14. The van der Waals surface area contributed by atoms with Crippen LogP contribution in [-0.4, -0.2) is 18.5 Å². The quantitative estimate of drug-likeness (QED) is 0.388. The second-order valence-electron chi connectivity index (χ2n) is 0.750. The predicted octanol–water partition coefficient (Wildman–Crippen LogP) is -7.35. The van der Waals surface area contributed by atoms with Gasteiger partial charge in [0.15, 0.2) is 0 Å². The number of carboxylic acid groups (broad SMARTS) is 6. The van der Waals surface area contributed by atoms with Crippen molar-refractivity contribution in [3.63, 3.8) is 0 Å². The second kappa shape index (κ2) is 22.7. The molecule has 0 atom stereocenters. The molecule has 0 aromatic carbocycles. The van der Waals surface area contributed by atoms with E-state index in [4.69, 9.17) is 45.0 Å². The molecule has 0 aromatic heterocycles. The van der Waals surface area contributed by atoms with Crippen molar-refractivity contribution in [2.75, 3.05) is 0 Å². The van der Waals surface area contributed by atoms with Crippen molar-refractivity contribution in [2.45, 2.75) is 0 Å². The average Bonchev–Trinajstić information content (AvgIpc) is 1.54. The first-order valence-electron chi connectivity index (χ1n) is 1.84. The Morgan fingerprint density at radius 2 is 0.571 bits per heavy atom. The van der Waals surface area contributed by atoms with E-state index in [-0.39, 0.29) is 38.8 Å². The smallest absolute Gasteiger partial charge is 0.652 e. The van der Waals surface area contributed by atoms with Gasteiger partial charge in [0.25, 0.3) is 0 Å². The molecule has 0 spiro atoms. The van der Waals surface area contributed by atoms with Crippen LogP contribution in [0.1, 0.15) is 0 Å². The fourth-order valence-electron chi connectivity index (χ4n) is 0. The molecule has 0 heterocycles. The van der Waals surface area contributed by atoms with E-state index in [1.54, 1.807) is 0 Å². The Kier molecular flexibility index (Phi) is 47.4. The molecule has 0 aliphatic carbocycles. The van der Waals surface area contributed by atoms with Gasteiger partial charge in [0.05, 0.1) is 0 Å². The third kappa shape index (κ3) is 1220. The average molecular weight is 283 g/mol. The van der Waals surface area contributed by atoms with Gasteiger partial charge in [0.1, 0.15) is 0 Å². The molecule has 0 unspecified atom stereocenters. The van der Waals surface area contributed by atoms with Crippen LogP contribution in [0.4, 0.5) is 14.4 Å². The molecule has 0 N–H and O–H groups in total. The van der Waals surface area contributed by atoms with Crippen LogP contribution in [0.15, 0.2) is 0 Å². The van der Waals surface area contributed by atoms with Crippen molar-refractivity contribution < 1.29 is 83.8 Å². The van der Waals surface area contributed by atoms with Crippen molar-refractivity contribution in [3.05, 3.63) is 0 Å². The molecule has 0 bridgehead atoms. The van der Waals surface area contributed by atoms with E-state index < -0.39 is 18.5 Å². The number of rotatable bonds is 0. The third-order valence-corrected chi connectivity index (χ3v) is 0. The summed E-state index contributed by atoms with van der Waals surface area (Å²) in [5, 5.41) is 50.0. The first kappa shape index (κ1) is 29.2. The van der Waals surface area contributed by atoms with Crippen LogP contribution >= 0.6 is 0 Å². The summed E-state index contributed by atoms with van der Waals surface area (Å²) < 4.78 is 0. The molecular formula is C3MnO9Ti. The standard InChI is InChI=1S/3CH2O3.Mn.Ti/c3*2-1(3)4;;/h3*(H2,2,3,4);;/q;;;+2;+4/p-6. The van der Waals surface area contributed by atoms with Gasteiger partial charge in [-0.3, -0.25) is 0 Å². The Morgan fingerprint density at radius 3 is 0.571 bits per heavy atom. The summed E-state index contributed by atoms with van der Waals surface area (Å²) in [5.41, 5.74) is 0. The topological polar surface area (TPSA) is 190 Å². The molecular weight excluding hydrogens is 283 g/mol. The van der Waals surface area contributed by atoms with Crippen molar-refractivity contribution >= 4 is 18.5 Å². The summed E-state index contributed by atoms with van der Waals surface area (Å²) in [6.45, 7) is 0. The van der Waals surface area contributed by atoms with E-state index in [9.17, 15) is 0 Å². The SMILES string of the molecule is O=C([O-])[O-].O=C([O-])[O-].O=C([O-])[O-].[Mn+2].[Ti+4]. The van der Waals surface area contributed by atoms with E-state index in [0.29, 0.717) is 0 Å². The van der Waals surface area contributed by atoms with Gasteiger partial charge in [0.2, 0.25) is 0 Å². The minimum Gasteiger partial charge on any atom is -0.652 e. The summed E-state index contributed by atoms with van der Waals surface area (Å²) in [5.74, 6) is 0. The van der Waals surface area contributed by atoms with Gasteiger partial charge < -0.3 is 45.0 Å². The number of hydrogen-bond acceptors (Lipinski definition) is 9. The van der Waals surface area contributed by atoms with Gasteiger partial charge in [-0.05, 0) is 18.5 Å². The summed E-state index contributed by atoms with van der Waals surface area (Å²) in [7, 11) is 0. The molecule has 0 amide bonds. The summed E-state index contributed by atoms with van der Waals surface area (Å²) >= 11 is 0. The monoisotopic (exact) mass is 283 g/mol. The van der Waals surface area contributed by atoms with E-state index in [2.05, 4.69) is 0 Å². The largest absolute Gasteiger partial charge is 4.00 e. The molecule has 0 saturated heterocycles. The molecule has 0 rings (SSSR count). The van der Waals surface area contributed by atoms with Crippen LogP contribution < -0.4 is 30.6 Å². The number of hydrogen-bond donors (Lipinski definition) is 0. The Labute approximate surface area is 102 Å². The first-order valence-corrected chi connectivity index (χ1v) is 1.84. The second-order valence-corrected chi connectivity index (χ2v) is 0.750. The molecule has 14 heavy (non-hydrogen) atoms. The van der Waals surface area contributed by atoms with E-state index in [1.807, 2.05) is 0 Å². The van der Waals surface area contributed by atoms with Crippen LogP contribution in [0.2, 0.25) is 0 Å². The summed E-state index contributed by atoms with van der Waals surface area (Å²) in [4.78, 5) is 25.0. The Hall–Kier alpha value is -0.956. The van der Waals surface area contributed by atoms with Crippen LogP contribution in [0, 0.1) is 0 Å². The molecule has 0 aliphatic rings. The zero-order valence-electron chi connectivity index (χ0n) is 6.05.